The van der Waals surface area contributed by atoms with E-state index in [-0.39, 0.29) is 6.04 Å². The highest BCUT2D eigenvalue weighted by Crippen LogP contribution is 2.22. The average Bonchev–Trinajstić information content (AvgIpc) is 2.52. The molecule has 2 heteroatoms. The third-order valence-electron chi connectivity index (χ3n) is 3.56. The maximum atomic E-state index is 4.23. The van der Waals surface area contributed by atoms with Crippen molar-refractivity contribution in [2.45, 2.75) is 39.2 Å². The van der Waals surface area contributed by atoms with Gasteiger partial charge < -0.3 is 5.32 Å². The van der Waals surface area contributed by atoms with Crippen molar-refractivity contribution in [2.75, 3.05) is 6.54 Å². The van der Waals surface area contributed by atoms with E-state index in [1.807, 2.05) is 18.5 Å². The van der Waals surface area contributed by atoms with Crippen molar-refractivity contribution in [3.8, 4) is 0 Å². The second-order valence-electron chi connectivity index (χ2n) is 5.12. The summed E-state index contributed by atoms with van der Waals surface area (Å²) in [6.07, 6.45) is 7.45. The monoisotopic (exact) mass is 268 g/mol. The third-order valence-corrected chi connectivity index (χ3v) is 3.56. The first-order chi connectivity index (χ1) is 9.85. The predicted molar refractivity (Wildman–Crippen MR) is 84.8 cm³/mol. The summed E-state index contributed by atoms with van der Waals surface area (Å²) in [6.45, 7) is 5.31. The lowest BCUT2D eigenvalue weighted by Gasteiger charge is -2.19. The SMILES string of the molecule is CCCCc1ccc(C(NCC)c2cccnc2)cc1. The fourth-order valence-corrected chi connectivity index (χ4v) is 2.44. The van der Waals surface area contributed by atoms with Gasteiger partial charge in [0.05, 0.1) is 6.04 Å². The summed E-state index contributed by atoms with van der Waals surface area (Å²) < 4.78 is 0. The van der Waals surface area contributed by atoms with Crippen LogP contribution in [-0.4, -0.2) is 11.5 Å². The average molecular weight is 268 g/mol. The maximum Gasteiger partial charge on any atom is 0.0591 e. The molecular weight excluding hydrogens is 244 g/mol. The zero-order chi connectivity index (χ0) is 14.2. The Kier molecular flexibility index (Phi) is 5.75. The van der Waals surface area contributed by atoms with Crippen LogP contribution in [0.4, 0.5) is 0 Å². The second kappa shape index (κ2) is 7.81. The Hall–Kier alpha value is -1.67. The highest BCUT2D eigenvalue weighted by Gasteiger charge is 2.12. The number of hydrogen-bond acceptors (Lipinski definition) is 2. The molecule has 20 heavy (non-hydrogen) atoms. The highest BCUT2D eigenvalue weighted by molar-refractivity contribution is 5.32. The highest BCUT2D eigenvalue weighted by atomic mass is 14.9. The first-order valence-corrected chi connectivity index (χ1v) is 7.57. The first-order valence-electron chi connectivity index (χ1n) is 7.57. The van der Waals surface area contributed by atoms with Crippen molar-refractivity contribution < 1.29 is 0 Å². The van der Waals surface area contributed by atoms with Gasteiger partial charge in [-0.25, -0.2) is 0 Å². The summed E-state index contributed by atoms with van der Waals surface area (Å²) >= 11 is 0. The van der Waals surface area contributed by atoms with E-state index in [0.717, 1.165) is 6.54 Å². The summed E-state index contributed by atoms with van der Waals surface area (Å²) in [6, 6.07) is 13.4. The molecule has 0 spiro atoms. The topological polar surface area (TPSA) is 24.9 Å². The van der Waals surface area contributed by atoms with Crippen LogP contribution >= 0.6 is 0 Å². The Morgan fingerprint density at radius 1 is 1.05 bits per heavy atom. The number of benzene rings is 1. The van der Waals surface area contributed by atoms with E-state index in [1.165, 1.54) is 36.0 Å². The molecule has 0 amide bonds. The lowest BCUT2D eigenvalue weighted by molar-refractivity contribution is 0.628. The lowest BCUT2D eigenvalue weighted by Crippen LogP contribution is -2.22. The molecule has 1 aromatic heterocycles. The smallest absolute Gasteiger partial charge is 0.0591 e. The first kappa shape index (κ1) is 14.7. The molecule has 106 valence electrons. The zero-order valence-electron chi connectivity index (χ0n) is 12.5. The van der Waals surface area contributed by atoms with E-state index in [1.54, 1.807) is 0 Å². The van der Waals surface area contributed by atoms with E-state index in [4.69, 9.17) is 0 Å². The quantitative estimate of drug-likeness (QED) is 0.817. The predicted octanol–water partition coefficient (Wildman–Crippen LogP) is 4.12. The van der Waals surface area contributed by atoms with E-state index in [9.17, 15) is 0 Å². The van der Waals surface area contributed by atoms with Crippen LogP contribution < -0.4 is 5.32 Å². The number of unbranched alkanes of at least 4 members (excludes halogenated alkanes) is 1. The van der Waals surface area contributed by atoms with Crippen molar-refractivity contribution >= 4 is 0 Å². The molecule has 1 heterocycles. The van der Waals surface area contributed by atoms with Gasteiger partial charge in [-0.2, -0.15) is 0 Å². The van der Waals surface area contributed by atoms with Crippen LogP contribution in [0.3, 0.4) is 0 Å². The molecule has 0 fully saturated rings. The van der Waals surface area contributed by atoms with Crippen LogP contribution in [0.5, 0.6) is 0 Å². The largest absolute Gasteiger partial charge is 0.306 e. The Balaban J connectivity index is 2.17. The molecule has 1 atom stereocenters. The van der Waals surface area contributed by atoms with Crippen molar-refractivity contribution in [2.24, 2.45) is 0 Å². The summed E-state index contributed by atoms with van der Waals surface area (Å²) in [5.74, 6) is 0. The Morgan fingerprint density at radius 2 is 1.85 bits per heavy atom. The van der Waals surface area contributed by atoms with Gasteiger partial charge in [0.1, 0.15) is 0 Å². The van der Waals surface area contributed by atoms with E-state index in [0.29, 0.717) is 0 Å². The van der Waals surface area contributed by atoms with Gasteiger partial charge in [-0.05, 0) is 42.1 Å². The van der Waals surface area contributed by atoms with Crippen LogP contribution in [0.2, 0.25) is 0 Å². The van der Waals surface area contributed by atoms with Gasteiger partial charge in [0.2, 0.25) is 0 Å². The van der Waals surface area contributed by atoms with Crippen molar-refractivity contribution in [3.63, 3.8) is 0 Å². The maximum absolute atomic E-state index is 4.23. The number of hydrogen-bond donors (Lipinski definition) is 1. The molecule has 0 aliphatic carbocycles. The summed E-state index contributed by atoms with van der Waals surface area (Å²) in [5.41, 5.74) is 3.95. The van der Waals surface area contributed by atoms with Crippen LogP contribution in [0, 0.1) is 0 Å². The van der Waals surface area contributed by atoms with E-state index in [2.05, 4.69) is 54.5 Å². The second-order valence-corrected chi connectivity index (χ2v) is 5.12. The minimum absolute atomic E-state index is 0.230. The molecule has 1 aromatic carbocycles. The Bertz CT molecular complexity index is 491. The van der Waals surface area contributed by atoms with Gasteiger partial charge in [-0.15, -0.1) is 0 Å². The molecule has 1 N–H and O–H groups in total. The lowest BCUT2D eigenvalue weighted by atomic mass is 9.98. The third kappa shape index (κ3) is 3.91. The van der Waals surface area contributed by atoms with Crippen LogP contribution in [-0.2, 0) is 6.42 Å². The molecule has 2 nitrogen and oxygen atoms in total. The molecular formula is C18H24N2. The van der Waals surface area contributed by atoms with Crippen LogP contribution in [0.25, 0.3) is 0 Å². The molecule has 0 radical (unpaired) electrons. The molecule has 0 bridgehead atoms. The summed E-state index contributed by atoms with van der Waals surface area (Å²) in [5, 5.41) is 3.54. The van der Waals surface area contributed by atoms with Crippen molar-refractivity contribution in [1.82, 2.24) is 10.3 Å². The number of aromatic nitrogens is 1. The number of nitrogens with zero attached hydrogens (tertiary/aromatic N) is 1. The molecule has 0 aliphatic heterocycles. The summed E-state index contributed by atoms with van der Waals surface area (Å²) in [4.78, 5) is 4.23. The molecule has 1 unspecified atom stereocenters. The molecule has 0 saturated heterocycles. The number of aryl methyl sites for hydroxylation is 1. The minimum Gasteiger partial charge on any atom is -0.306 e. The van der Waals surface area contributed by atoms with Crippen molar-refractivity contribution in [3.05, 3.63) is 65.5 Å². The minimum atomic E-state index is 0.230. The fraction of sp³-hybridized carbons (Fsp3) is 0.389. The van der Waals surface area contributed by atoms with E-state index < -0.39 is 0 Å². The Morgan fingerprint density at radius 3 is 2.45 bits per heavy atom. The molecule has 0 aliphatic rings. The zero-order valence-corrected chi connectivity index (χ0v) is 12.5. The van der Waals surface area contributed by atoms with Gasteiger partial charge in [0.15, 0.2) is 0 Å². The summed E-state index contributed by atoms with van der Waals surface area (Å²) in [7, 11) is 0. The molecule has 0 saturated carbocycles. The number of pyridine rings is 1. The van der Waals surface area contributed by atoms with Gasteiger partial charge in [0.25, 0.3) is 0 Å². The standard InChI is InChI=1S/C18H24N2/c1-3-5-7-15-9-11-16(12-10-15)18(20-4-2)17-8-6-13-19-14-17/h6,8-14,18,20H,3-5,7H2,1-2H3. The van der Waals surface area contributed by atoms with Crippen LogP contribution in [0.1, 0.15) is 49.4 Å². The van der Waals surface area contributed by atoms with E-state index >= 15 is 0 Å². The number of nitrogens with one attached hydrogen (secondary N) is 1. The van der Waals surface area contributed by atoms with Gasteiger partial charge in [-0.3, -0.25) is 4.98 Å². The Labute approximate surface area is 122 Å². The van der Waals surface area contributed by atoms with Crippen LogP contribution in [0.15, 0.2) is 48.8 Å². The molecule has 2 rings (SSSR count). The fourth-order valence-electron chi connectivity index (χ4n) is 2.44. The van der Waals surface area contributed by atoms with Gasteiger partial charge in [-0.1, -0.05) is 50.6 Å². The normalized spacial score (nSPS) is 12.3. The van der Waals surface area contributed by atoms with Crippen molar-refractivity contribution in [1.29, 1.82) is 0 Å². The van der Waals surface area contributed by atoms with Gasteiger partial charge in [0, 0.05) is 12.4 Å². The van der Waals surface area contributed by atoms with Gasteiger partial charge >= 0.3 is 0 Å². The number of rotatable bonds is 7. The molecule has 2 aromatic rings.